The van der Waals surface area contributed by atoms with Gasteiger partial charge in [0.1, 0.15) is 11.9 Å². The first-order chi connectivity index (χ1) is 8.02. The SMILES string of the molecule is O=c1[nH]c(=O)n([C@@H]2O[C@H](CO)C=C2F)cc1F. The van der Waals surface area contributed by atoms with Crippen LogP contribution in [-0.2, 0) is 4.74 Å². The maximum absolute atomic E-state index is 13.4. The number of halogens is 2. The summed E-state index contributed by atoms with van der Waals surface area (Å²) in [6, 6.07) is 0. The second-order valence-electron chi connectivity index (χ2n) is 3.40. The van der Waals surface area contributed by atoms with E-state index in [4.69, 9.17) is 9.84 Å². The number of ether oxygens (including phenoxy) is 1. The van der Waals surface area contributed by atoms with Crippen LogP contribution in [0.5, 0.6) is 0 Å². The van der Waals surface area contributed by atoms with Crippen LogP contribution in [0, 0.1) is 5.82 Å². The number of hydrogen-bond acceptors (Lipinski definition) is 4. The molecule has 0 fully saturated rings. The predicted molar refractivity (Wildman–Crippen MR) is 51.5 cm³/mol. The minimum atomic E-state index is -1.47. The van der Waals surface area contributed by atoms with Crippen LogP contribution in [0.1, 0.15) is 6.23 Å². The van der Waals surface area contributed by atoms with Gasteiger partial charge < -0.3 is 9.84 Å². The lowest BCUT2D eigenvalue weighted by molar-refractivity contribution is -0.0219. The fourth-order valence-electron chi connectivity index (χ4n) is 1.46. The van der Waals surface area contributed by atoms with Gasteiger partial charge in [0.2, 0.25) is 5.82 Å². The van der Waals surface area contributed by atoms with Gasteiger partial charge >= 0.3 is 5.69 Å². The molecule has 0 saturated heterocycles. The zero-order valence-corrected chi connectivity index (χ0v) is 8.39. The second-order valence-corrected chi connectivity index (χ2v) is 3.40. The third-order valence-electron chi connectivity index (χ3n) is 2.24. The van der Waals surface area contributed by atoms with Gasteiger partial charge in [0.15, 0.2) is 6.23 Å². The molecule has 8 heteroatoms. The van der Waals surface area contributed by atoms with E-state index in [9.17, 15) is 18.4 Å². The summed E-state index contributed by atoms with van der Waals surface area (Å²) < 4.78 is 31.9. The lowest BCUT2D eigenvalue weighted by Gasteiger charge is -2.14. The first-order valence-corrected chi connectivity index (χ1v) is 4.67. The number of aromatic amines is 1. The van der Waals surface area contributed by atoms with E-state index in [0.717, 1.165) is 6.08 Å². The van der Waals surface area contributed by atoms with E-state index in [1.807, 2.05) is 0 Å². The number of nitrogens with one attached hydrogen (secondary N) is 1. The Bertz CT molecular complexity index is 577. The molecule has 2 N–H and O–H groups in total. The number of hydrogen-bond donors (Lipinski definition) is 2. The van der Waals surface area contributed by atoms with E-state index in [2.05, 4.69) is 0 Å². The average molecular weight is 246 g/mol. The summed E-state index contributed by atoms with van der Waals surface area (Å²) in [5.74, 6) is -2.06. The van der Waals surface area contributed by atoms with Crippen molar-refractivity contribution in [1.29, 1.82) is 0 Å². The van der Waals surface area contributed by atoms with Crippen molar-refractivity contribution >= 4 is 0 Å². The molecule has 6 nitrogen and oxygen atoms in total. The smallest absolute Gasteiger partial charge is 0.330 e. The summed E-state index contributed by atoms with van der Waals surface area (Å²) in [6.07, 6.45) is -0.841. The van der Waals surface area contributed by atoms with Crippen molar-refractivity contribution in [1.82, 2.24) is 9.55 Å². The summed E-state index contributed by atoms with van der Waals surface area (Å²) in [5.41, 5.74) is -2.18. The molecule has 0 amide bonds. The average Bonchev–Trinajstić information content (AvgIpc) is 2.65. The van der Waals surface area contributed by atoms with Gasteiger partial charge in [0, 0.05) is 0 Å². The van der Waals surface area contributed by atoms with Crippen molar-refractivity contribution in [3.8, 4) is 0 Å². The molecule has 17 heavy (non-hydrogen) atoms. The lowest BCUT2D eigenvalue weighted by Crippen LogP contribution is -2.34. The molecule has 1 aliphatic rings. The van der Waals surface area contributed by atoms with Gasteiger partial charge in [-0.25, -0.2) is 9.18 Å². The van der Waals surface area contributed by atoms with E-state index >= 15 is 0 Å². The van der Waals surface area contributed by atoms with E-state index in [-0.39, 0.29) is 0 Å². The largest absolute Gasteiger partial charge is 0.393 e. The first-order valence-electron chi connectivity index (χ1n) is 4.67. The van der Waals surface area contributed by atoms with E-state index in [1.165, 1.54) is 0 Å². The molecule has 0 bridgehead atoms. The lowest BCUT2D eigenvalue weighted by atomic mass is 10.3. The van der Waals surface area contributed by atoms with Crippen LogP contribution < -0.4 is 11.2 Å². The third kappa shape index (κ3) is 2.04. The van der Waals surface area contributed by atoms with Crippen molar-refractivity contribution < 1.29 is 18.6 Å². The zero-order chi connectivity index (χ0) is 12.6. The van der Waals surface area contributed by atoms with Crippen LogP contribution in [0.25, 0.3) is 0 Å². The number of rotatable bonds is 2. The normalized spacial score (nSPS) is 23.8. The Balaban J connectivity index is 2.43. The van der Waals surface area contributed by atoms with Crippen LogP contribution in [0.3, 0.4) is 0 Å². The van der Waals surface area contributed by atoms with Gasteiger partial charge in [0.25, 0.3) is 5.56 Å². The van der Waals surface area contributed by atoms with Gasteiger partial charge in [-0.15, -0.1) is 0 Å². The van der Waals surface area contributed by atoms with Crippen LogP contribution in [0.2, 0.25) is 0 Å². The molecule has 1 aromatic heterocycles. The summed E-state index contributed by atoms with van der Waals surface area (Å²) >= 11 is 0. The highest BCUT2D eigenvalue weighted by molar-refractivity contribution is 5.08. The third-order valence-corrected chi connectivity index (χ3v) is 2.24. The van der Waals surface area contributed by atoms with Gasteiger partial charge in [-0.05, 0) is 6.08 Å². The summed E-state index contributed by atoms with van der Waals surface area (Å²) in [4.78, 5) is 23.8. The van der Waals surface area contributed by atoms with Crippen LogP contribution in [0.4, 0.5) is 8.78 Å². The fourth-order valence-corrected chi connectivity index (χ4v) is 1.46. The van der Waals surface area contributed by atoms with Crippen molar-refractivity contribution in [2.24, 2.45) is 0 Å². The Labute approximate surface area is 92.8 Å². The summed E-state index contributed by atoms with van der Waals surface area (Å²) in [7, 11) is 0. The maximum atomic E-state index is 13.4. The van der Waals surface area contributed by atoms with Gasteiger partial charge in [-0.3, -0.25) is 14.3 Å². The Morgan fingerprint density at radius 2 is 2.18 bits per heavy atom. The van der Waals surface area contributed by atoms with Gasteiger partial charge in [-0.1, -0.05) is 0 Å². The molecule has 0 aliphatic carbocycles. The highest BCUT2D eigenvalue weighted by atomic mass is 19.1. The summed E-state index contributed by atoms with van der Waals surface area (Å²) in [6.45, 7) is -0.468. The molecule has 0 aromatic carbocycles. The number of H-pyrrole nitrogens is 1. The van der Waals surface area contributed by atoms with Crippen molar-refractivity contribution in [3.05, 3.63) is 44.8 Å². The van der Waals surface area contributed by atoms with Crippen LogP contribution in [-0.4, -0.2) is 27.4 Å². The molecule has 0 spiro atoms. The Morgan fingerprint density at radius 1 is 1.47 bits per heavy atom. The van der Waals surface area contributed by atoms with Crippen LogP contribution in [0.15, 0.2) is 27.7 Å². The number of aliphatic hydroxyl groups is 1. The quantitative estimate of drug-likeness (QED) is 0.731. The molecule has 0 saturated carbocycles. The monoisotopic (exact) mass is 246 g/mol. The molecular weight excluding hydrogens is 238 g/mol. The Morgan fingerprint density at radius 3 is 2.76 bits per heavy atom. The second kappa shape index (κ2) is 4.22. The van der Waals surface area contributed by atoms with E-state index in [1.54, 1.807) is 4.98 Å². The minimum absolute atomic E-state index is 0.468. The molecule has 2 atom stereocenters. The molecule has 0 radical (unpaired) electrons. The Kier molecular flexibility index (Phi) is 2.90. The van der Waals surface area contributed by atoms with Crippen molar-refractivity contribution in [3.63, 3.8) is 0 Å². The zero-order valence-electron chi connectivity index (χ0n) is 8.39. The van der Waals surface area contributed by atoms with Gasteiger partial charge in [0.05, 0.1) is 12.8 Å². The summed E-state index contributed by atoms with van der Waals surface area (Å²) in [5, 5.41) is 8.76. The minimum Gasteiger partial charge on any atom is -0.393 e. The number of aromatic nitrogens is 2. The number of nitrogens with zero attached hydrogens (tertiary/aromatic N) is 1. The molecule has 0 unspecified atom stereocenters. The highest BCUT2D eigenvalue weighted by Gasteiger charge is 2.29. The number of aliphatic hydroxyl groups excluding tert-OH is 1. The van der Waals surface area contributed by atoms with E-state index < -0.39 is 41.8 Å². The molecule has 2 heterocycles. The fraction of sp³-hybridized carbons (Fsp3) is 0.333. The standard InChI is InChI=1S/C9H8F2N2O4/c10-5-1-4(3-14)17-8(5)13-2-6(11)7(15)12-9(13)16/h1-2,4,8,14H,3H2,(H,12,15,16)/t4-,8+/m0/s1. The predicted octanol–water partition coefficient (Wildman–Crippen LogP) is -0.581. The van der Waals surface area contributed by atoms with E-state index in [0.29, 0.717) is 10.8 Å². The Hall–Kier alpha value is -1.80. The topological polar surface area (TPSA) is 84.3 Å². The van der Waals surface area contributed by atoms with Gasteiger partial charge in [-0.2, -0.15) is 4.39 Å². The molecule has 1 aromatic rings. The van der Waals surface area contributed by atoms with Crippen molar-refractivity contribution in [2.45, 2.75) is 12.3 Å². The molecular formula is C9H8F2N2O4. The van der Waals surface area contributed by atoms with Crippen molar-refractivity contribution in [2.75, 3.05) is 6.61 Å². The molecule has 2 rings (SSSR count). The first kappa shape index (κ1) is 11.7. The maximum Gasteiger partial charge on any atom is 0.330 e. The highest BCUT2D eigenvalue weighted by Crippen LogP contribution is 2.28. The molecule has 1 aliphatic heterocycles. The van der Waals surface area contributed by atoms with Crippen LogP contribution >= 0.6 is 0 Å². The molecule has 92 valence electrons.